The van der Waals surface area contributed by atoms with Crippen molar-refractivity contribution in [1.29, 1.82) is 0 Å². The van der Waals surface area contributed by atoms with E-state index in [1.165, 1.54) is 5.56 Å². The molecule has 1 aliphatic heterocycles. The van der Waals surface area contributed by atoms with Crippen LogP contribution in [0.5, 0.6) is 5.75 Å². The number of hydrogen-bond acceptors (Lipinski definition) is 3. The molecule has 0 fully saturated rings. The molecule has 1 unspecified atom stereocenters. The largest absolute Gasteiger partial charge is 0.497 e. The van der Waals surface area contributed by atoms with Crippen LogP contribution in [0, 0.1) is 0 Å². The zero-order chi connectivity index (χ0) is 16.2. The van der Waals surface area contributed by atoms with Crippen molar-refractivity contribution in [1.82, 2.24) is 4.90 Å². The standard InChI is InChI=1S/C19H21NO3/c1-3-23-19(21)20-13-12-14-6-4-5-7-17(14)18(20)15-8-10-16(22-2)11-9-15/h4-11,18H,3,12-13H2,1-2H3. The summed E-state index contributed by atoms with van der Waals surface area (Å²) in [5.41, 5.74) is 3.51. The second kappa shape index (κ2) is 6.73. The summed E-state index contributed by atoms with van der Waals surface area (Å²) in [5.74, 6) is 0.806. The van der Waals surface area contributed by atoms with E-state index in [0.717, 1.165) is 23.3 Å². The van der Waals surface area contributed by atoms with Gasteiger partial charge in [-0.2, -0.15) is 0 Å². The molecule has 0 N–H and O–H groups in total. The van der Waals surface area contributed by atoms with Crippen LogP contribution >= 0.6 is 0 Å². The van der Waals surface area contributed by atoms with E-state index in [4.69, 9.17) is 9.47 Å². The van der Waals surface area contributed by atoms with Crippen molar-refractivity contribution < 1.29 is 14.3 Å². The Morgan fingerprint density at radius 2 is 1.91 bits per heavy atom. The monoisotopic (exact) mass is 311 g/mol. The van der Waals surface area contributed by atoms with Crippen molar-refractivity contribution in [3.8, 4) is 5.75 Å². The fraction of sp³-hybridized carbons (Fsp3) is 0.316. The molecular formula is C19H21NO3. The topological polar surface area (TPSA) is 38.8 Å². The minimum atomic E-state index is -0.261. The third-order valence-corrected chi connectivity index (χ3v) is 4.22. The number of fused-ring (bicyclic) bond motifs is 1. The molecule has 0 radical (unpaired) electrons. The minimum absolute atomic E-state index is 0.120. The van der Waals surface area contributed by atoms with E-state index >= 15 is 0 Å². The van der Waals surface area contributed by atoms with E-state index in [1.54, 1.807) is 7.11 Å². The molecule has 4 nitrogen and oxygen atoms in total. The summed E-state index contributed by atoms with van der Waals surface area (Å²) in [5, 5.41) is 0. The van der Waals surface area contributed by atoms with Crippen LogP contribution in [0.25, 0.3) is 0 Å². The molecule has 1 atom stereocenters. The van der Waals surface area contributed by atoms with Crippen molar-refractivity contribution in [3.63, 3.8) is 0 Å². The minimum Gasteiger partial charge on any atom is -0.497 e. The maximum Gasteiger partial charge on any atom is 0.410 e. The molecule has 23 heavy (non-hydrogen) atoms. The third kappa shape index (κ3) is 3.02. The van der Waals surface area contributed by atoms with Crippen LogP contribution in [0.2, 0.25) is 0 Å². The smallest absolute Gasteiger partial charge is 0.410 e. The molecule has 2 aromatic rings. The fourth-order valence-corrected chi connectivity index (χ4v) is 3.12. The number of carbonyl (C=O) groups is 1. The molecular weight excluding hydrogens is 290 g/mol. The first-order valence-corrected chi connectivity index (χ1v) is 7.89. The van der Waals surface area contributed by atoms with Crippen LogP contribution in [-0.2, 0) is 11.2 Å². The van der Waals surface area contributed by atoms with Crippen LogP contribution in [0.3, 0.4) is 0 Å². The highest BCUT2D eigenvalue weighted by Crippen LogP contribution is 2.36. The zero-order valence-corrected chi connectivity index (χ0v) is 13.5. The number of nitrogens with zero attached hydrogens (tertiary/aromatic N) is 1. The van der Waals surface area contributed by atoms with Gasteiger partial charge in [0.2, 0.25) is 0 Å². The number of carbonyl (C=O) groups excluding carboxylic acids is 1. The van der Waals surface area contributed by atoms with Gasteiger partial charge in [-0.25, -0.2) is 4.79 Å². The zero-order valence-electron chi connectivity index (χ0n) is 13.5. The molecule has 0 spiro atoms. The van der Waals surface area contributed by atoms with Crippen LogP contribution in [0.1, 0.15) is 29.7 Å². The predicted octanol–water partition coefficient (Wildman–Crippen LogP) is 3.80. The number of rotatable bonds is 3. The van der Waals surface area contributed by atoms with Crippen molar-refractivity contribution in [2.75, 3.05) is 20.3 Å². The normalized spacial score (nSPS) is 16.6. The Kier molecular flexibility index (Phi) is 4.51. The molecule has 1 heterocycles. The van der Waals surface area contributed by atoms with E-state index < -0.39 is 0 Å². The lowest BCUT2D eigenvalue weighted by Gasteiger charge is -2.36. The molecule has 1 amide bonds. The lowest BCUT2D eigenvalue weighted by atomic mass is 9.88. The number of amides is 1. The molecule has 0 aliphatic carbocycles. The Morgan fingerprint density at radius 1 is 1.17 bits per heavy atom. The number of benzene rings is 2. The second-order valence-electron chi connectivity index (χ2n) is 5.52. The van der Waals surface area contributed by atoms with Gasteiger partial charge in [0.15, 0.2) is 0 Å². The van der Waals surface area contributed by atoms with E-state index in [2.05, 4.69) is 12.1 Å². The Hall–Kier alpha value is -2.49. The van der Waals surface area contributed by atoms with E-state index in [9.17, 15) is 4.79 Å². The molecule has 4 heteroatoms. The Labute approximate surface area is 136 Å². The molecule has 1 aliphatic rings. The molecule has 0 aromatic heterocycles. The van der Waals surface area contributed by atoms with Gasteiger partial charge in [0, 0.05) is 6.54 Å². The Balaban J connectivity index is 2.03. The number of hydrogen-bond donors (Lipinski definition) is 0. The van der Waals surface area contributed by atoms with E-state index in [1.807, 2.05) is 48.2 Å². The highest BCUT2D eigenvalue weighted by molar-refractivity contribution is 5.70. The summed E-state index contributed by atoms with van der Waals surface area (Å²) in [6, 6.07) is 16.0. The third-order valence-electron chi connectivity index (χ3n) is 4.22. The van der Waals surface area contributed by atoms with Crippen LogP contribution in [0.15, 0.2) is 48.5 Å². The SMILES string of the molecule is CCOC(=O)N1CCc2ccccc2C1c1ccc(OC)cc1. The Bertz CT molecular complexity index is 681. The van der Waals surface area contributed by atoms with Gasteiger partial charge in [0.1, 0.15) is 5.75 Å². The first kappa shape index (κ1) is 15.4. The van der Waals surface area contributed by atoms with Crippen molar-refractivity contribution in [2.24, 2.45) is 0 Å². The van der Waals surface area contributed by atoms with Crippen LogP contribution in [0.4, 0.5) is 4.79 Å². The van der Waals surface area contributed by atoms with Crippen molar-refractivity contribution >= 4 is 6.09 Å². The fourth-order valence-electron chi connectivity index (χ4n) is 3.12. The quantitative estimate of drug-likeness (QED) is 0.865. The summed E-state index contributed by atoms with van der Waals surface area (Å²) >= 11 is 0. The molecule has 0 bridgehead atoms. The summed E-state index contributed by atoms with van der Waals surface area (Å²) in [7, 11) is 1.65. The molecule has 120 valence electrons. The van der Waals surface area contributed by atoms with Crippen LogP contribution < -0.4 is 4.74 Å². The van der Waals surface area contributed by atoms with Crippen molar-refractivity contribution in [2.45, 2.75) is 19.4 Å². The molecule has 0 saturated carbocycles. The van der Waals surface area contributed by atoms with Gasteiger partial charge in [-0.05, 0) is 42.2 Å². The lowest BCUT2D eigenvalue weighted by Crippen LogP contribution is -2.40. The number of methoxy groups -OCH3 is 1. The van der Waals surface area contributed by atoms with Gasteiger partial charge < -0.3 is 9.47 Å². The summed E-state index contributed by atoms with van der Waals surface area (Å²) < 4.78 is 10.5. The predicted molar refractivity (Wildman–Crippen MR) is 88.7 cm³/mol. The van der Waals surface area contributed by atoms with E-state index in [0.29, 0.717) is 13.2 Å². The van der Waals surface area contributed by atoms with Gasteiger partial charge >= 0.3 is 6.09 Å². The van der Waals surface area contributed by atoms with E-state index in [-0.39, 0.29) is 12.1 Å². The first-order valence-electron chi connectivity index (χ1n) is 7.89. The maximum absolute atomic E-state index is 12.4. The van der Waals surface area contributed by atoms with Gasteiger partial charge in [-0.15, -0.1) is 0 Å². The molecule has 3 rings (SSSR count). The van der Waals surface area contributed by atoms with Gasteiger partial charge in [-0.1, -0.05) is 36.4 Å². The van der Waals surface area contributed by atoms with Gasteiger partial charge in [0.25, 0.3) is 0 Å². The second-order valence-corrected chi connectivity index (χ2v) is 5.52. The Morgan fingerprint density at radius 3 is 2.61 bits per heavy atom. The maximum atomic E-state index is 12.4. The van der Waals surface area contributed by atoms with Crippen molar-refractivity contribution in [3.05, 3.63) is 65.2 Å². The summed E-state index contributed by atoms with van der Waals surface area (Å²) in [6.07, 6.45) is 0.588. The van der Waals surface area contributed by atoms with Gasteiger partial charge in [-0.3, -0.25) is 4.90 Å². The molecule has 2 aromatic carbocycles. The summed E-state index contributed by atoms with van der Waals surface area (Å²) in [6.45, 7) is 2.87. The average Bonchev–Trinajstić information content (AvgIpc) is 2.61. The van der Waals surface area contributed by atoms with Gasteiger partial charge in [0.05, 0.1) is 19.8 Å². The highest BCUT2D eigenvalue weighted by Gasteiger charge is 2.32. The highest BCUT2D eigenvalue weighted by atomic mass is 16.6. The first-order chi connectivity index (χ1) is 11.2. The lowest BCUT2D eigenvalue weighted by molar-refractivity contribution is 0.0937. The summed E-state index contributed by atoms with van der Waals surface area (Å²) in [4.78, 5) is 14.2. The van der Waals surface area contributed by atoms with Crippen LogP contribution in [-0.4, -0.2) is 31.3 Å². The molecule has 0 saturated heterocycles. The average molecular weight is 311 g/mol. The number of ether oxygens (including phenoxy) is 2.